The van der Waals surface area contributed by atoms with Crippen molar-refractivity contribution in [2.75, 3.05) is 0 Å². The van der Waals surface area contributed by atoms with Gasteiger partial charge in [-0.3, -0.25) is 0 Å². The van der Waals surface area contributed by atoms with E-state index in [0.29, 0.717) is 11.6 Å². The van der Waals surface area contributed by atoms with Gasteiger partial charge in [0.25, 0.3) is 0 Å². The Kier molecular flexibility index (Phi) is 4.56. The second kappa shape index (κ2) is 6.19. The maximum absolute atomic E-state index is 14.1. The molecule has 0 heterocycles. The van der Waals surface area contributed by atoms with Gasteiger partial charge in [-0.15, -0.1) is 0 Å². The molecule has 0 aliphatic heterocycles. The van der Waals surface area contributed by atoms with Crippen molar-refractivity contribution in [3.63, 3.8) is 0 Å². The molecule has 20 heavy (non-hydrogen) atoms. The van der Waals surface area contributed by atoms with Crippen LogP contribution in [-0.2, 0) is 6.54 Å². The summed E-state index contributed by atoms with van der Waals surface area (Å²) < 4.78 is 14.1. The van der Waals surface area contributed by atoms with Gasteiger partial charge in [0.05, 0.1) is 0 Å². The summed E-state index contributed by atoms with van der Waals surface area (Å²) in [5.74, 6) is -0.160. The zero-order chi connectivity index (χ0) is 14.7. The summed E-state index contributed by atoms with van der Waals surface area (Å²) in [5.41, 5.74) is 5.03. The molecule has 0 atom stereocenters. The molecule has 0 radical (unpaired) electrons. The van der Waals surface area contributed by atoms with Crippen molar-refractivity contribution in [1.82, 2.24) is 5.32 Å². The van der Waals surface area contributed by atoms with Crippen molar-refractivity contribution in [3.8, 4) is 11.1 Å². The molecule has 2 aromatic carbocycles. The highest BCUT2D eigenvalue weighted by Gasteiger charge is 2.09. The van der Waals surface area contributed by atoms with Crippen molar-refractivity contribution in [1.29, 1.82) is 0 Å². The molecular weight excluding hydrogens is 249 g/mol. The Balaban J connectivity index is 2.40. The second-order valence-corrected chi connectivity index (χ2v) is 5.67. The largest absolute Gasteiger partial charge is 0.310 e. The highest BCUT2D eigenvalue weighted by Crippen LogP contribution is 2.28. The smallest absolute Gasteiger partial charge is 0.131 e. The first-order valence-electron chi connectivity index (χ1n) is 7.07. The number of aryl methyl sites for hydroxylation is 2. The van der Waals surface area contributed by atoms with Gasteiger partial charge in [-0.05, 0) is 48.7 Å². The molecule has 0 unspecified atom stereocenters. The topological polar surface area (TPSA) is 12.0 Å². The van der Waals surface area contributed by atoms with E-state index < -0.39 is 0 Å². The third-order valence-electron chi connectivity index (χ3n) is 3.43. The lowest BCUT2D eigenvalue weighted by molar-refractivity contribution is 0.589. The van der Waals surface area contributed by atoms with Gasteiger partial charge in [-0.2, -0.15) is 0 Å². The van der Waals surface area contributed by atoms with Crippen LogP contribution in [0.4, 0.5) is 4.39 Å². The van der Waals surface area contributed by atoms with Crippen LogP contribution in [0.1, 0.15) is 30.5 Å². The summed E-state index contributed by atoms with van der Waals surface area (Å²) in [6, 6.07) is 12.0. The number of nitrogens with one attached hydrogen (secondary N) is 1. The van der Waals surface area contributed by atoms with E-state index in [-0.39, 0.29) is 5.82 Å². The van der Waals surface area contributed by atoms with E-state index in [0.717, 1.165) is 23.2 Å². The minimum Gasteiger partial charge on any atom is -0.310 e. The standard InChI is InChI=1S/C18H22FN/c1-12(2)20-11-15-7-6-14(4)16(10-15)17-9-13(3)5-8-18(17)19/h5-10,12,20H,11H2,1-4H3. The Bertz CT molecular complexity index is 602. The predicted octanol–water partition coefficient (Wildman–Crippen LogP) is 4.61. The van der Waals surface area contributed by atoms with Gasteiger partial charge in [-0.25, -0.2) is 4.39 Å². The van der Waals surface area contributed by atoms with Gasteiger partial charge in [0.15, 0.2) is 0 Å². The molecule has 0 aliphatic carbocycles. The Morgan fingerprint density at radius 1 is 1.00 bits per heavy atom. The quantitative estimate of drug-likeness (QED) is 0.856. The van der Waals surface area contributed by atoms with E-state index in [4.69, 9.17) is 0 Å². The van der Waals surface area contributed by atoms with Crippen LogP contribution < -0.4 is 5.32 Å². The molecule has 0 spiro atoms. The van der Waals surface area contributed by atoms with Crippen molar-refractivity contribution in [2.24, 2.45) is 0 Å². The van der Waals surface area contributed by atoms with Crippen molar-refractivity contribution in [2.45, 2.75) is 40.3 Å². The third kappa shape index (κ3) is 3.45. The number of benzene rings is 2. The highest BCUT2D eigenvalue weighted by molar-refractivity contribution is 5.69. The lowest BCUT2D eigenvalue weighted by Crippen LogP contribution is -2.21. The number of halogens is 1. The van der Waals surface area contributed by atoms with Gasteiger partial charge < -0.3 is 5.32 Å². The van der Waals surface area contributed by atoms with Crippen LogP contribution in [0.15, 0.2) is 36.4 Å². The second-order valence-electron chi connectivity index (χ2n) is 5.67. The Morgan fingerprint density at radius 3 is 2.45 bits per heavy atom. The fourth-order valence-electron chi connectivity index (χ4n) is 2.24. The Hall–Kier alpha value is -1.67. The molecule has 0 saturated carbocycles. The predicted molar refractivity (Wildman–Crippen MR) is 83.3 cm³/mol. The first kappa shape index (κ1) is 14.7. The van der Waals surface area contributed by atoms with Crippen LogP contribution in [0.25, 0.3) is 11.1 Å². The zero-order valence-electron chi connectivity index (χ0n) is 12.6. The number of rotatable bonds is 4. The molecule has 0 aromatic heterocycles. The molecule has 2 rings (SSSR count). The summed E-state index contributed by atoms with van der Waals surface area (Å²) in [4.78, 5) is 0. The van der Waals surface area contributed by atoms with E-state index in [1.807, 2.05) is 19.9 Å². The molecule has 0 amide bonds. The van der Waals surface area contributed by atoms with Gasteiger partial charge >= 0.3 is 0 Å². The van der Waals surface area contributed by atoms with Gasteiger partial charge in [0, 0.05) is 18.2 Å². The van der Waals surface area contributed by atoms with E-state index in [9.17, 15) is 4.39 Å². The van der Waals surface area contributed by atoms with Crippen LogP contribution in [-0.4, -0.2) is 6.04 Å². The number of hydrogen-bond acceptors (Lipinski definition) is 1. The molecule has 106 valence electrons. The summed E-state index contributed by atoms with van der Waals surface area (Å²) >= 11 is 0. The van der Waals surface area contributed by atoms with Gasteiger partial charge in [0.2, 0.25) is 0 Å². The van der Waals surface area contributed by atoms with Crippen LogP contribution in [0.2, 0.25) is 0 Å². The fraction of sp³-hybridized carbons (Fsp3) is 0.333. The van der Waals surface area contributed by atoms with Gasteiger partial charge in [0.1, 0.15) is 5.82 Å². The number of hydrogen-bond donors (Lipinski definition) is 1. The van der Waals surface area contributed by atoms with Crippen LogP contribution in [0.5, 0.6) is 0 Å². The molecule has 2 heteroatoms. The van der Waals surface area contributed by atoms with E-state index in [1.165, 1.54) is 5.56 Å². The molecular formula is C18H22FN. The molecule has 0 aliphatic rings. The van der Waals surface area contributed by atoms with Crippen molar-refractivity contribution in [3.05, 3.63) is 58.9 Å². The lowest BCUT2D eigenvalue weighted by atomic mass is 9.96. The molecule has 0 saturated heterocycles. The third-order valence-corrected chi connectivity index (χ3v) is 3.43. The fourth-order valence-corrected chi connectivity index (χ4v) is 2.24. The van der Waals surface area contributed by atoms with Crippen LogP contribution in [0.3, 0.4) is 0 Å². The van der Waals surface area contributed by atoms with E-state index >= 15 is 0 Å². The Morgan fingerprint density at radius 2 is 1.75 bits per heavy atom. The summed E-state index contributed by atoms with van der Waals surface area (Å²) in [6.07, 6.45) is 0. The molecule has 1 N–H and O–H groups in total. The average molecular weight is 271 g/mol. The highest BCUT2D eigenvalue weighted by atomic mass is 19.1. The van der Waals surface area contributed by atoms with E-state index in [1.54, 1.807) is 12.1 Å². The summed E-state index contributed by atoms with van der Waals surface area (Å²) in [6.45, 7) is 9.06. The molecule has 0 fully saturated rings. The van der Waals surface area contributed by atoms with Crippen LogP contribution >= 0.6 is 0 Å². The molecule has 1 nitrogen and oxygen atoms in total. The minimum atomic E-state index is -0.160. The Labute approximate surface area is 120 Å². The maximum Gasteiger partial charge on any atom is 0.131 e. The van der Waals surface area contributed by atoms with Gasteiger partial charge in [-0.1, -0.05) is 37.6 Å². The average Bonchev–Trinajstić information content (AvgIpc) is 2.41. The van der Waals surface area contributed by atoms with Crippen molar-refractivity contribution >= 4 is 0 Å². The van der Waals surface area contributed by atoms with Crippen molar-refractivity contribution < 1.29 is 4.39 Å². The minimum absolute atomic E-state index is 0.160. The first-order valence-corrected chi connectivity index (χ1v) is 7.07. The first-order chi connectivity index (χ1) is 9.47. The lowest BCUT2D eigenvalue weighted by Gasteiger charge is -2.13. The summed E-state index contributed by atoms with van der Waals surface area (Å²) in [5, 5.41) is 3.39. The van der Waals surface area contributed by atoms with E-state index in [2.05, 4.69) is 37.4 Å². The molecule has 2 aromatic rings. The zero-order valence-corrected chi connectivity index (χ0v) is 12.6. The maximum atomic E-state index is 14.1. The SMILES string of the molecule is Cc1ccc(F)c(-c2cc(CNC(C)C)ccc2C)c1. The monoisotopic (exact) mass is 271 g/mol. The van der Waals surface area contributed by atoms with Crippen LogP contribution in [0, 0.1) is 19.7 Å². The summed E-state index contributed by atoms with van der Waals surface area (Å²) in [7, 11) is 0. The molecule has 0 bridgehead atoms. The normalized spacial score (nSPS) is 11.1.